The molecule has 96 valence electrons. The highest BCUT2D eigenvalue weighted by molar-refractivity contribution is 5.94. The van der Waals surface area contributed by atoms with E-state index in [2.05, 4.69) is 4.74 Å². The van der Waals surface area contributed by atoms with Gasteiger partial charge in [0.05, 0.1) is 12.0 Å². The van der Waals surface area contributed by atoms with Gasteiger partial charge in [-0.25, -0.2) is 9.18 Å². The molecule has 1 rings (SSSR count). The fourth-order valence-corrected chi connectivity index (χ4v) is 1.33. The number of rotatable bonds is 4. The largest absolute Gasteiger partial charge is 0.465 e. The maximum absolute atomic E-state index is 13.6. The molecule has 0 spiro atoms. The molecular formula is C11H11FN2O4. The van der Waals surface area contributed by atoms with Gasteiger partial charge in [0.15, 0.2) is 0 Å². The second-order valence-electron chi connectivity index (χ2n) is 3.28. The molecule has 0 aliphatic rings. The lowest BCUT2D eigenvalue weighted by Crippen LogP contribution is -2.07. The summed E-state index contributed by atoms with van der Waals surface area (Å²) in [6, 6.07) is 1.74. The Bertz CT molecular complexity index is 514. The topological polar surface area (TPSA) is 95.5 Å². The normalized spacial score (nSPS) is 10.6. The molecule has 0 aliphatic heterocycles. The molecule has 0 bridgehead atoms. The molecule has 6 nitrogen and oxygen atoms in total. The highest BCUT2D eigenvalue weighted by Crippen LogP contribution is 2.24. The van der Waals surface area contributed by atoms with E-state index in [9.17, 15) is 19.3 Å². The van der Waals surface area contributed by atoms with Gasteiger partial charge in [-0.1, -0.05) is 12.2 Å². The summed E-state index contributed by atoms with van der Waals surface area (Å²) in [6.07, 6.45) is 2.75. The SMILES string of the molecule is COC(=O)c1cc(F)c(C=CCN)cc1[N+](=O)[O-]. The Hall–Kier alpha value is -2.28. The molecule has 0 saturated heterocycles. The van der Waals surface area contributed by atoms with E-state index in [1.807, 2.05) is 0 Å². The summed E-state index contributed by atoms with van der Waals surface area (Å²) in [4.78, 5) is 21.3. The summed E-state index contributed by atoms with van der Waals surface area (Å²) in [5, 5.41) is 10.8. The monoisotopic (exact) mass is 254 g/mol. The molecule has 0 unspecified atom stereocenters. The van der Waals surface area contributed by atoms with Crippen molar-refractivity contribution in [2.45, 2.75) is 0 Å². The molecular weight excluding hydrogens is 243 g/mol. The lowest BCUT2D eigenvalue weighted by molar-refractivity contribution is -0.385. The summed E-state index contributed by atoms with van der Waals surface area (Å²) in [5.41, 5.74) is 4.25. The van der Waals surface area contributed by atoms with Crippen LogP contribution in [0.5, 0.6) is 0 Å². The molecule has 0 fully saturated rings. The fraction of sp³-hybridized carbons (Fsp3) is 0.182. The van der Waals surface area contributed by atoms with E-state index in [4.69, 9.17) is 5.73 Å². The van der Waals surface area contributed by atoms with Crippen LogP contribution in [-0.4, -0.2) is 24.5 Å². The molecule has 0 saturated carbocycles. The minimum Gasteiger partial charge on any atom is -0.465 e. The Morgan fingerprint density at radius 2 is 2.28 bits per heavy atom. The predicted molar refractivity (Wildman–Crippen MR) is 62.5 cm³/mol. The van der Waals surface area contributed by atoms with Gasteiger partial charge in [-0.2, -0.15) is 0 Å². The van der Waals surface area contributed by atoms with E-state index in [-0.39, 0.29) is 12.1 Å². The van der Waals surface area contributed by atoms with Gasteiger partial charge in [-0.3, -0.25) is 10.1 Å². The van der Waals surface area contributed by atoms with Crippen LogP contribution >= 0.6 is 0 Å². The second kappa shape index (κ2) is 5.87. The van der Waals surface area contributed by atoms with Gasteiger partial charge in [-0.05, 0) is 6.07 Å². The Kier molecular flexibility index (Phi) is 4.50. The molecule has 1 aromatic rings. The third-order valence-electron chi connectivity index (χ3n) is 2.15. The number of carbonyl (C=O) groups excluding carboxylic acids is 1. The second-order valence-corrected chi connectivity index (χ2v) is 3.28. The predicted octanol–water partition coefficient (Wildman–Crippen LogP) is 1.49. The van der Waals surface area contributed by atoms with E-state index >= 15 is 0 Å². The Labute approximate surface area is 102 Å². The number of nitro groups is 1. The van der Waals surface area contributed by atoms with Crippen LogP contribution in [0, 0.1) is 15.9 Å². The van der Waals surface area contributed by atoms with Gasteiger partial charge < -0.3 is 10.5 Å². The number of benzene rings is 1. The first-order valence-corrected chi connectivity index (χ1v) is 4.94. The van der Waals surface area contributed by atoms with Gasteiger partial charge in [0, 0.05) is 18.2 Å². The molecule has 0 amide bonds. The number of nitrogens with two attached hydrogens (primary N) is 1. The van der Waals surface area contributed by atoms with Crippen molar-refractivity contribution in [3.05, 3.63) is 45.3 Å². The van der Waals surface area contributed by atoms with Gasteiger partial charge in [-0.15, -0.1) is 0 Å². The highest BCUT2D eigenvalue weighted by Gasteiger charge is 2.23. The van der Waals surface area contributed by atoms with Crippen molar-refractivity contribution >= 4 is 17.7 Å². The Morgan fingerprint density at radius 1 is 1.61 bits per heavy atom. The first-order valence-electron chi connectivity index (χ1n) is 4.94. The number of carbonyl (C=O) groups is 1. The fourth-order valence-electron chi connectivity index (χ4n) is 1.33. The number of nitro benzene ring substituents is 1. The molecule has 1 aromatic carbocycles. The number of halogens is 1. The van der Waals surface area contributed by atoms with Gasteiger partial charge in [0.2, 0.25) is 0 Å². The zero-order chi connectivity index (χ0) is 13.7. The van der Waals surface area contributed by atoms with Crippen molar-refractivity contribution in [2.75, 3.05) is 13.7 Å². The van der Waals surface area contributed by atoms with Crippen LogP contribution in [0.3, 0.4) is 0 Å². The van der Waals surface area contributed by atoms with Gasteiger partial charge in [0.25, 0.3) is 5.69 Å². The molecule has 0 heterocycles. The highest BCUT2D eigenvalue weighted by atomic mass is 19.1. The van der Waals surface area contributed by atoms with Crippen molar-refractivity contribution in [2.24, 2.45) is 5.73 Å². The summed E-state index contributed by atoms with van der Waals surface area (Å²) in [5.74, 6) is -1.72. The lowest BCUT2D eigenvalue weighted by atomic mass is 10.1. The van der Waals surface area contributed by atoms with Crippen LogP contribution in [0.2, 0.25) is 0 Å². The summed E-state index contributed by atoms with van der Waals surface area (Å²) in [7, 11) is 1.06. The molecule has 7 heteroatoms. The average molecular weight is 254 g/mol. The summed E-state index contributed by atoms with van der Waals surface area (Å²) in [6.45, 7) is 0.173. The van der Waals surface area contributed by atoms with E-state index in [0.717, 1.165) is 19.2 Å². The summed E-state index contributed by atoms with van der Waals surface area (Å²) < 4.78 is 17.9. The smallest absolute Gasteiger partial charge is 0.344 e. The van der Waals surface area contributed by atoms with Crippen molar-refractivity contribution in [3.8, 4) is 0 Å². The maximum Gasteiger partial charge on any atom is 0.344 e. The quantitative estimate of drug-likeness (QED) is 0.499. The molecule has 2 N–H and O–H groups in total. The van der Waals surface area contributed by atoms with Crippen LogP contribution in [0.1, 0.15) is 15.9 Å². The number of esters is 1. The number of ether oxygens (including phenoxy) is 1. The minimum atomic E-state index is -0.963. The van der Waals surface area contributed by atoms with Crippen LogP contribution in [0.15, 0.2) is 18.2 Å². The lowest BCUT2D eigenvalue weighted by Gasteiger charge is -2.03. The van der Waals surface area contributed by atoms with E-state index in [1.165, 1.54) is 12.2 Å². The summed E-state index contributed by atoms with van der Waals surface area (Å²) >= 11 is 0. The zero-order valence-corrected chi connectivity index (χ0v) is 9.55. The first-order chi connectivity index (χ1) is 8.51. The van der Waals surface area contributed by atoms with Gasteiger partial charge in [0.1, 0.15) is 11.4 Å². The van der Waals surface area contributed by atoms with Crippen molar-refractivity contribution < 1.29 is 18.8 Å². The van der Waals surface area contributed by atoms with Crippen LogP contribution in [0.25, 0.3) is 6.08 Å². The molecule has 0 aromatic heterocycles. The van der Waals surface area contributed by atoms with E-state index < -0.39 is 28.0 Å². The first kappa shape index (κ1) is 13.8. The Balaban J connectivity index is 3.39. The molecule has 0 radical (unpaired) electrons. The molecule has 18 heavy (non-hydrogen) atoms. The van der Waals surface area contributed by atoms with Crippen molar-refractivity contribution in [1.82, 2.24) is 0 Å². The average Bonchev–Trinajstić information content (AvgIpc) is 2.35. The standard InChI is InChI=1S/C11H11FN2O4/c1-18-11(15)8-6-9(12)7(3-2-4-13)5-10(8)14(16)17/h2-3,5-6H,4,13H2,1H3. The molecule has 0 atom stereocenters. The molecule has 0 aliphatic carbocycles. The van der Waals surface area contributed by atoms with E-state index in [1.54, 1.807) is 0 Å². The Morgan fingerprint density at radius 3 is 2.78 bits per heavy atom. The van der Waals surface area contributed by atoms with Gasteiger partial charge >= 0.3 is 5.97 Å². The third kappa shape index (κ3) is 2.89. The van der Waals surface area contributed by atoms with Crippen molar-refractivity contribution in [3.63, 3.8) is 0 Å². The van der Waals surface area contributed by atoms with E-state index in [0.29, 0.717) is 0 Å². The number of nitrogens with zero attached hydrogens (tertiary/aromatic N) is 1. The third-order valence-corrected chi connectivity index (χ3v) is 2.15. The number of methoxy groups -OCH3 is 1. The number of hydrogen-bond acceptors (Lipinski definition) is 5. The van der Waals surface area contributed by atoms with Crippen LogP contribution in [-0.2, 0) is 4.74 Å². The minimum absolute atomic E-state index is 0.0141. The zero-order valence-electron chi connectivity index (χ0n) is 9.55. The van der Waals surface area contributed by atoms with Crippen LogP contribution < -0.4 is 5.73 Å². The number of hydrogen-bond donors (Lipinski definition) is 1. The maximum atomic E-state index is 13.6. The van der Waals surface area contributed by atoms with Crippen molar-refractivity contribution in [1.29, 1.82) is 0 Å². The van der Waals surface area contributed by atoms with Crippen LogP contribution in [0.4, 0.5) is 10.1 Å².